The number of rotatable bonds is 7. The van der Waals surface area contributed by atoms with Crippen molar-refractivity contribution in [1.82, 2.24) is 5.32 Å². The van der Waals surface area contributed by atoms with Gasteiger partial charge in [-0.1, -0.05) is 20.8 Å². The number of thioether (sulfide) groups is 1. The summed E-state index contributed by atoms with van der Waals surface area (Å²) in [6.07, 6.45) is 2.23. The van der Waals surface area contributed by atoms with Crippen LogP contribution in [0.2, 0.25) is 0 Å². The molecule has 0 aliphatic carbocycles. The summed E-state index contributed by atoms with van der Waals surface area (Å²) >= 11 is 2.04. The summed E-state index contributed by atoms with van der Waals surface area (Å²) in [5.74, 6) is 7.29. The summed E-state index contributed by atoms with van der Waals surface area (Å²) in [4.78, 5) is 0. The van der Waals surface area contributed by atoms with Crippen molar-refractivity contribution in [2.24, 2.45) is 0 Å². The maximum absolute atomic E-state index is 3.47. The smallest absolute Gasteiger partial charge is 0.0267 e. The fourth-order valence-corrected chi connectivity index (χ4v) is 2.13. The predicted molar refractivity (Wildman–Crippen MR) is 67.7 cm³/mol. The van der Waals surface area contributed by atoms with Crippen molar-refractivity contribution in [3.8, 4) is 11.8 Å². The maximum atomic E-state index is 3.47. The normalized spacial score (nSPS) is 14.3. The van der Waals surface area contributed by atoms with E-state index in [2.05, 4.69) is 37.9 Å². The Balaban J connectivity index is 3.75. The monoisotopic (exact) mass is 213 g/mol. The molecule has 0 aromatic rings. The van der Waals surface area contributed by atoms with Crippen LogP contribution in [0, 0.1) is 11.8 Å². The molecule has 0 saturated carbocycles. The van der Waals surface area contributed by atoms with E-state index in [9.17, 15) is 0 Å². The SMILES string of the molecule is CC#CCC(CSC(C)CC)NCC. The molecule has 14 heavy (non-hydrogen) atoms. The first-order valence-corrected chi connectivity index (χ1v) is 6.54. The first-order chi connectivity index (χ1) is 6.74. The van der Waals surface area contributed by atoms with Gasteiger partial charge in [-0.25, -0.2) is 0 Å². The lowest BCUT2D eigenvalue weighted by Crippen LogP contribution is -2.31. The topological polar surface area (TPSA) is 12.0 Å². The zero-order valence-corrected chi connectivity index (χ0v) is 10.7. The molecule has 82 valence electrons. The number of hydrogen-bond donors (Lipinski definition) is 1. The predicted octanol–water partition coefficient (Wildman–Crippen LogP) is 2.91. The van der Waals surface area contributed by atoms with E-state index in [1.165, 1.54) is 12.2 Å². The van der Waals surface area contributed by atoms with Crippen LogP contribution in [0.3, 0.4) is 0 Å². The second-order valence-electron chi connectivity index (χ2n) is 3.44. The van der Waals surface area contributed by atoms with Gasteiger partial charge in [0.15, 0.2) is 0 Å². The van der Waals surface area contributed by atoms with E-state index < -0.39 is 0 Å². The molecule has 2 heteroatoms. The molecule has 2 unspecified atom stereocenters. The zero-order chi connectivity index (χ0) is 10.8. The Labute approximate surface area is 93.4 Å². The first-order valence-electron chi connectivity index (χ1n) is 5.49. The Kier molecular flexibility index (Phi) is 9.34. The van der Waals surface area contributed by atoms with Gasteiger partial charge in [0, 0.05) is 23.5 Å². The molecular weight excluding hydrogens is 190 g/mol. The molecule has 0 rings (SSSR count). The van der Waals surface area contributed by atoms with Crippen LogP contribution in [0.25, 0.3) is 0 Å². The highest BCUT2D eigenvalue weighted by molar-refractivity contribution is 7.99. The lowest BCUT2D eigenvalue weighted by atomic mass is 10.2. The second-order valence-corrected chi connectivity index (χ2v) is 4.91. The van der Waals surface area contributed by atoms with Crippen LogP contribution in [0.4, 0.5) is 0 Å². The zero-order valence-electron chi connectivity index (χ0n) is 9.89. The molecule has 0 aliphatic rings. The Hall–Kier alpha value is -0.130. The van der Waals surface area contributed by atoms with E-state index in [0.29, 0.717) is 6.04 Å². The Morgan fingerprint density at radius 1 is 1.36 bits per heavy atom. The van der Waals surface area contributed by atoms with Gasteiger partial charge in [0.1, 0.15) is 0 Å². The van der Waals surface area contributed by atoms with Crippen molar-refractivity contribution >= 4 is 11.8 Å². The highest BCUT2D eigenvalue weighted by Crippen LogP contribution is 2.15. The van der Waals surface area contributed by atoms with E-state index in [1.54, 1.807) is 0 Å². The first kappa shape index (κ1) is 13.9. The molecular formula is C12H23NS. The Morgan fingerprint density at radius 2 is 2.07 bits per heavy atom. The molecule has 1 nitrogen and oxygen atoms in total. The van der Waals surface area contributed by atoms with Crippen LogP contribution in [0.5, 0.6) is 0 Å². The average molecular weight is 213 g/mol. The third kappa shape index (κ3) is 7.29. The molecule has 0 bridgehead atoms. The fraction of sp³-hybridized carbons (Fsp3) is 0.833. The van der Waals surface area contributed by atoms with Gasteiger partial charge in [0.25, 0.3) is 0 Å². The molecule has 1 N–H and O–H groups in total. The lowest BCUT2D eigenvalue weighted by molar-refractivity contribution is 0.587. The van der Waals surface area contributed by atoms with Crippen molar-refractivity contribution in [2.45, 2.75) is 51.8 Å². The molecule has 0 aliphatic heterocycles. The minimum atomic E-state index is 0.562. The van der Waals surface area contributed by atoms with Crippen LogP contribution in [0.1, 0.15) is 40.5 Å². The standard InChI is InChI=1S/C12H23NS/c1-5-8-9-12(13-7-3)10-14-11(4)6-2/h11-13H,6-7,9-10H2,1-4H3. The summed E-state index contributed by atoms with van der Waals surface area (Å²) in [7, 11) is 0. The summed E-state index contributed by atoms with van der Waals surface area (Å²) in [5, 5.41) is 4.24. The molecule has 0 fully saturated rings. The Morgan fingerprint density at radius 3 is 2.57 bits per heavy atom. The van der Waals surface area contributed by atoms with Crippen molar-refractivity contribution < 1.29 is 0 Å². The van der Waals surface area contributed by atoms with Crippen molar-refractivity contribution in [3.05, 3.63) is 0 Å². The van der Waals surface area contributed by atoms with Gasteiger partial charge >= 0.3 is 0 Å². The van der Waals surface area contributed by atoms with E-state index in [-0.39, 0.29) is 0 Å². The highest BCUT2D eigenvalue weighted by Gasteiger charge is 2.07. The third-order valence-corrected chi connectivity index (χ3v) is 3.67. The third-order valence-electron chi connectivity index (χ3n) is 2.17. The molecule has 0 spiro atoms. The molecule has 0 heterocycles. The van der Waals surface area contributed by atoms with Crippen molar-refractivity contribution in [2.75, 3.05) is 12.3 Å². The van der Waals surface area contributed by atoms with Crippen LogP contribution < -0.4 is 5.32 Å². The van der Waals surface area contributed by atoms with E-state index in [0.717, 1.165) is 18.2 Å². The van der Waals surface area contributed by atoms with Gasteiger partial charge in [0.05, 0.1) is 0 Å². The summed E-state index contributed by atoms with van der Waals surface area (Å²) in [6.45, 7) is 9.63. The van der Waals surface area contributed by atoms with Gasteiger partial charge in [-0.2, -0.15) is 11.8 Å². The van der Waals surface area contributed by atoms with Crippen LogP contribution in [-0.4, -0.2) is 23.6 Å². The largest absolute Gasteiger partial charge is 0.312 e. The number of hydrogen-bond acceptors (Lipinski definition) is 2. The average Bonchev–Trinajstić information content (AvgIpc) is 2.21. The van der Waals surface area contributed by atoms with Crippen molar-refractivity contribution in [1.29, 1.82) is 0 Å². The van der Waals surface area contributed by atoms with E-state index in [4.69, 9.17) is 0 Å². The van der Waals surface area contributed by atoms with Crippen molar-refractivity contribution in [3.63, 3.8) is 0 Å². The summed E-state index contributed by atoms with van der Waals surface area (Å²) in [6, 6.07) is 0.562. The van der Waals surface area contributed by atoms with Gasteiger partial charge in [-0.05, 0) is 19.9 Å². The molecule has 0 radical (unpaired) electrons. The van der Waals surface area contributed by atoms with Gasteiger partial charge in [-0.15, -0.1) is 11.8 Å². The van der Waals surface area contributed by atoms with Gasteiger partial charge < -0.3 is 5.32 Å². The molecule has 2 atom stereocenters. The summed E-state index contributed by atoms with van der Waals surface area (Å²) < 4.78 is 0. The number of nitrogens with one attached hydrogen (secondary N) is 1. The minimum Gasteiger partial charge on any atom is -0.312 e. The van der Waals surface area contributed by atoms with E-state index in [1.807, 2.05) is 18.7 Å². The fourth-order valence-electron chi connectivity index (χ4n) is 1.10. The molecule has 0 amide bonds. The van der Waals surface area contributed by atoms with E-state index >= 15 is 0 Å². The maximum Gasteiger partial charge on any atom is 0.0267 e. The second kappa shape index (κ2) is 9.43. The van der Waals surface area contributed by atoms with Gasteiger partial charge in [0.2, 0.25) is 0 Å². The van der Waals surface area contributed by atoms with Gasteiger partial charge in [-0.3, -0.25) is 0 Å². The van der Waals surface area contributed by atoms with Crippen LogP contribution >= 0.6 is 11.8 Å². The molecule has 0 aromatic carbocycles. The summed E-state index contributed by atoms with van der Waals surface area (Å²) in [5.41, 5.74) is 0. The minimum absolute atomic E-state index is 0.562. The van der Waals surface area contributed by atoms with Crippen LogP contribution in [0.15, 0.2) is 0 Å². The Bertz CT molecular complexity index is 180. The highest BCUT2D eigenvalue weighted by atomic mass is 32.2. The molecule has 0 saturated heterocycles. The van der Waals surface area contributed by atoms with Crippen LogP contribution in [-0.2, 0) is 0 Å². The molecule has 0 aromatic heterocycles. The lowest BCUT2D eigenvalue weighted by Gasteiger charge is -2.17. The quantitative estimate of drug-likeness (QED) is 0.653.